The number of nitrogens with zero attached hydrogens (tertiary/aromatic N) is 3. The first kappa shape index (κ1) is 48.8. The van der Waals surface area contributed by atoms with E-state index in [0.29, 0.717) is 19.5 Å². The molecule has 8 unspecified atom stereocenters. The largest absolute Gasteiger partial charge is 0.467 e. The molecule has 1 aliphatic rings. The van der Waals surface area contributed by atoms with Crippen LogP contribution >= 0.6 is 0 Å². The molecule has 0 aromatic heterocycles. The Hall–Kier alpha value is -4.53. The first-order chi connectivity index (χ1) is 28.1. The summed E-state index contributed by atoms with van der Waals surface area (Å²) in [4.78, 5) is 73.3. The molecule has 3 rings (SSSR count). The molecule has 14 nitrogen and oxygen atoms in total. The van der Waals surface area contributed by atoms with E-state index in [-0.39, 0.29) is 54.9 Å². The Balaban J connectivity index is 1.70. The van der Waals surface area contributed by atoms with Crippen LogP contribution < -0.4 is 16.0 Å². The zero-order valence-corrected chi connectivity index (χ0v) is 37.2. The van der Waals surface area contributed by atoms with Crippen LogP contribution in [0.2, 0.25) is 0 Å². The summed E-state index contributed by atoms with van der Waals surface area (Å²) in [6.45, 7) is 10.6. The van der Waals surface area contributed by atoms with E-state index in [4.69, 9.17) is 14.2 Å². The Morgan fingerprint density at radius 2 is 1.58 bits per heavy atom. The highest BCUT2D eigenvalue weighted by molar-refractivity contribution is 5.88. The quantitative estimate of drug-likeness (QED) is 0.139. The Bertz CT molecular complexity index is 1660. The van der Waals surface area contributed by atoms with E-state index >= 15 is 0 Å². The molecule has 0 saturated carbocycles. The van der Waals surface area contributed by atoms with Crippen LogP contribution in [-0.4, -0.2) is 136 Å². The summed E-state index contributed by atoms with van der Waals surface area (Å²) < 4.78 is 16.9. The van der Waals surface area contributed by atoms with Gasteiger partial charge in [-0.25, -0.2) is 4.79 Å². The van der Waals surface area contributed by atoms with Crippen molar-refractivity contribution >= 4 is 35.3 Å². The maximum Gasteiger partial charge on any atom is 0.328 e. The van der Waals surface area contributed by atoms with Crippen LogP contribution in [-0.2, 0) is 51.1 Å². The van der Waals surface area contributed by atoms with Gasteiger partial charge in [0.05, 0.1) is 56.3 Å². The summed E-state index contributed by atoms with van der Waals surface area (Å²) in [6.07, 6.45) is 1.04. The van der Waals surface area contributed by atoms with Crippen LogP contribution in [0.1, 0.15) is 71.4 Å². The molecular weight excluding hydrogens is 753 g/mol. The number of amides is 4. The molecule has 1 heterocycles. The number of ether oxygens (including phenoxy) is 3. The summed E-state index contributed by atoms with van der Waals surface area (Å²) >= 11 is 0. The third-order valence-electron chi connectivity index (χ3n) is 11.8. The van der Waals surface area contributed by atoms with Crippen molar-refractivity contribution in [3.63, 3.8) is 0 Å². The van der Waals surface area contributed by atoms with Gasteiger partial charge in [0.1, 0.15) is 6.04 Å². The summed E-state index contributed by atoms with van der Waals surface area (Å²) in [7, 11) is 9.83. The van der Waals surface area contributed by atoms with E-state index in [9.17, 15) is 24.0 Å². The van der Waals surface area contributed by atoms with Gasteiger partial charge in [-0.2, -0.15) is 0 Å². The minimum atomic E-state index is -0.895. The van der Waals surface area contributed by atoms with Gasteiger partial charge >= 0.3 is 5.97 Å². The predicted molar refractivity (Wildman–Crippen MR) is 229 cm³/mol. The Morgan fingerprint density at radius 3 is 2.17 bits per heavy atom. The van der Waals surface area contributed by atoms with E-state index in [1.54, 1.807) is 30.9 Å². The minimum absolute atomic E-state index is 0.000538. The number of methoxy groups -OCH3 is 3. The Morgan fingerprint density at radius 1 is 0.898 bits per heavy atom. The van der Waals surface area contributed by atoms with Crippen LogP contribution in [0.25, 0.3) is 0 Å². The molecule has 0 radical (unpaired) electrons. The molecular formula is C45H70N6O8. The lowest BCUT2D eigenvalue weighted by Gasteiger charge is -2.39. The molecule has 3 N–H and O–H groups in total. The number of hydrogen-bond acceptors (Lipinski definition) is 10. The lowest BCUT2D eigenvalue weighted by molar-refractivity contribution is -0.148. The molecule has 59 heavy (non-hydrogen) atoms. The number of carbonyl (C=O) groups is 5. The number of likely N-dealkylation sites (tertiary alicyclic amines) is 1. The smallest absolute Gasteiger partial charge is 0.328 e. The van der Waals surface area contributed by atoms with Gasteiger partial charge in [0, 0.05) is 53.5 Å². The second-order valence-corrected chi connectivity index (χ2v) is 16.2. The average Bonchev–Trinajstić information content (AvgIpc) is 3.72. The van der Waals surface area contributed by atoms with Crippen molar-refractivity contribution in [2.75, 3.05) is 60.9 Å². The number of carbonyl (C=O) groups excluding carboxylic acids is 5. The fourth-order valence-electron chi connectivity index (χ4n) is 8.43. The monoisotopic (exact) mass is 823 g/mol. The van der Waals surface area contributed by atoms with Gasteiger partial charge in [-0.1, -0.05) is 83.5 Å². The van der Waals surface area contributed by atoms with Gasteiger partial charge in [-0.05, 0) is 55.0 Å². The highest BCUT2D eigenvalue weighted by atomic mass is 16.5. The number of esters is 1. The maximum atomic E-state index is 14.2. The molecule has 1 aliphatic heterocycles. The number of rotatable bonds is 23. The van der Waals surface area contributed by atoms with Crippen molar-refractivity contribution in [3.05, 3.63) is 65.7 Å². The molecule has 0 aliphatic carbocycles. The lowest BCUT2D eigenvalue weighted by Crippen LogP contribution is -2.55. The van der Waals surface area contributed by atoms with Gasteiger partial charge in [0.25, 0.3) is 0 Å². The van der Waals surface area contributed by atoms with E-state index in [0.717, 1.165) is 29.7 Å². The Labute approximate surface area is 352 Å². The topological polar surface area (TPSA) is 159 Å². The fraction of sp³-hybridized carbons (Fsp3) is 0.622. The molecule has 1 fully saturated rings. The van der Waals surface area contributed by atoms with Gasteiger partial charge in [-0.3, -0.25) is 24.1 Å². The second-order valence-electron chi connectivity index (χ2n) is 16.2. The third kappa shape index (κ3) is 13.5. The highest BCUT2D eigenvalue weighted by Gasteiger charge is 2.42. The van der Waals surface area contributed by atoms with Crippen LogP contribution in [0, 0.1) is 17.8 Å². The summed E-state index contributed by atoms with van der Waals surface area (Å²) in [5, 5.41) is 8.90. The molecule has 1 saturated heterocycles. The van der Waals surface area contributed by atoms with Crippen molar-refractivity contribution in [3.8, 4) is 0 Å². The first-order valence-electron chi connectivity index (χ1n) is 20.9. The molecule has 0 spiro atoms. The van der Waals surface area contributed by atoms with Gasteiger partial charge in [0.15, 0.2) is 0 Å². The van der Waals surface area contributed by atoms with E-state index in [1.165, 1.54) is 14.2 Å². The lowest BCUT2D eigenvalue weighted by atomic mass is 9.90. The van der Waals surface area contributed by atoms with Crippen LogP contribution in [0.3, 0.4) is 0 Å². The number of anilines is 1. The highest BCUT2D eigenvalue weighted by Crippen LogP contribution is 2.29. The number of nitrogens with one attached hydrogen (secondary N) is 3. The van der Waals surface area contributed by atoms with Crippen molar-refractivity contribution in [1.29, 1.82) is 0 Å². The van der Waals surface area contributed by atoms with Crippen LogP contribution in [0.5, 0.6) is 0 Å². The zero-order chi connectivity index (χ0) is 43.8. The van der Waals surface area contributed by atoms with Gasteiger partial charge < -0.3 is 40.0 Å². The fourth-order valence-corrected chi connectivity index (χ4v) is 8.43. The van der Waals surface area contributed by atoms with Crippen molar-refractivity contribution in [1.82, 2.24) is 25.3 Å². The van der Waals surface area contributed by atoms with E-state index in [1.807, 2.05) is 101 Å². The Kier molecular flexibility index (Phi) is 19.8. The van der Waals surface area contributed by atoms with Crippen molar-refractivity contribution in [2.45, 2.75) is 110 Å². The number of likely N-dealkylation sites (N-methyl/N-ethyl adjacent to an activating group) is 2. The van der Waals surface area contributed by atoms with Crippen molar-refractivity contribution < 1.29 is 38.2 Å². The predicted octanol–water partition coefficient (Wildman–Crippen LogP) is 4.12. The summed E-state index contributed by atoms with van der Waals surface area (Å²) in [5.74, 6) is -2.39. The SMILES string of the molecule is CCC(C)C(C(CC(=O)N1CCCC1C(OC)C(C)C(=O)NC(Cc1ccccc1)C(=O)OC)OC)N(C)C(=O)CNC(=O)C(C(C)C)N(C)Cc1cccc(NC)c1. The molecule has 8 atom stereocenters. The van der Waals surface area contributed by atoms with Crippen LogP contribution in [0.4, 0.5) is 5.69 Å². The zero-order valence-electron chi connectivity index (χ0n) is 37.2. The average molecular weight is 823 g/mol. The molecule has 328 valence electrons. The minimum Gasteiger partial charge on any atom is -0.467 e. The van der Waals surface area contributed by atoms with Gasteiger partial charge in [-0.15, -0.1) is 0 Å². The summed E-state index contributed by atoms with van der Waals surface area (Å²) in [5.41, 5.74) is 2.92. The second kappa shape index (κ2) is 23.9. The molecule has 2 aromatic rings. The van der Waals surface area contributed by atoms with E-state index in [2.05, 4.69) is 16.0 Å². The summed E-state index contributed by atoms with van der Waals surface area (Å²) in [6, 6.07) is 15.2. The van der Waals surface area contributed by atoms with Crippen molar-refractivity contribution in [2.24, 2.45) is 17.8 Å². The first-order valence-corrected chi connectivity index (χ1v) is 20.9. The number of benzene rings is 2. The maximum absolute atomic E-state index is 14.2. The molecule has 2 aromatic carbocycles. The molecule has 0 bridgehead atoms. The molecule has 14 heteroatoms. The van der Waals surface area contributed by atoms with Crippen LogP contribution in [0.15, 0.2) is 54.6 Å². The number of hydrogen-bond donors (Lipinski definition) is 3. The normalized spacial score (nSPS) is 17.6. The molecule has 4 amide bonds. The standard InChI is InChI=1S/C45H70N6O8/c1-12-30(4)41(50(8)39(53)27-47-44(55)40(29(2)3)49(7)28-33-20-16-21-34(24-33)46-6)37(57-9)26-38(52)51-23-17-22-36(51)42(58-10)31(5)43(54)48-35(45(56)59-11)25-32-18-14-13-15-19-32/h13-16,18-21,24,29-31,35-37,40-42,46H,12,17,22-23,25-28H2,1-11H3,(H,47,55)(H,48,54). The van der Waals surface area contributed by atoms with Gasteiger partial charge in [0.2, 0.25) is 23.6 Å². The van der Waals surface area contributed by atoms with E-state index < -0.39 is 48.3 Å². The third-order valence-corrected chi connectivity index (χ3v) is 11.8.